The van der Waals surface area contributed by atoms with Crippen molar-refractivity contribution in [1.29, 1.82) is 0 Å². The SMILES string of the molecule is Cc1ccc(C(=O)C(=O)N2CCCN(c3nc(C)cs3)CC2)cc1. The summed E-state index contributed by atoms with van der Waals surface area (Å²) in [6, 6.07) is 7.15. The van der Waals surface area contributed by atoms with Gasteiger partial charge in [-0.2, -0.15) is 0 Å². The van der Waals surface area contributed by atoms with E-state index in [2.05, 4.69) is 9.88 Å². The predicted molar refractivity (Wildman–Crippen MR) is 95.8 cm³/mol. The topological polar surface area (TPSA) is 53.5 Å². The number of benzene rings is 1. The summed E-state index contributed by atoms with van der Waals surface area (Å²) in [5, 5.41) is 3.02. The number of amides is 1. The van der Waals surface area contributed by atoms with Crippen LogP contribution < -0.4 is 4.90 Å². The number of Topliss-reactive ketones (excluding diaryl/α,β-unsaturated/α-hetero) is 1. The van der Waals surface area contributed by atoms with Crippen LogP contribution in [0.15, 0.2) is 29.6 Å². The third-order valence-electron chi connectivity index (χ3n) is 4.17. The summed E-state index contributed by atoms with van der Waals surface area (Å²) in [6.07, 6.45) is 0.839. The average Bonchev–Trinajstić information content (AvgIpc) is 2.87. The van der Waals surface area contributed by atoms with Gasteiger partial charge in [0.1, 0.15) is 0 Å². The molecule has 1 saturated heterocycles. The molecule has 1 aliphatic heterocycles. The van der Waals surface area contributed by atoms with Gasteiger partial charge in [0.15, 0.2) is 5.13 Å². The molecule has 2 aromatic rings. The molecule has 24 heavy (non-hydrogen) atoms. The van der Waals surface area contributed by atoms with Crippen LogP contribution in [-0.4, -0.2) is 47.8 Å². The molecule has 1 fully saturated rings. The highest BCUT2D eigenvalue weighted by Crippen LogP contribution is 2.21. The van der Waals surface area contributed by atoms with Gasteiger partial charge in [-0.3, -0.25) is 9.59 Å². The summed E-state index contributed by atoms with van der Waals surface area (Å²) in [5.41, 5.74) is 2.55. The van der Waals surface area contributed by atoms with Crippen molar-refractivity contribution in [2.75, 3.05) is 31.1 Å². The zero-order chi connectivity index (χ0) is 17.1. The fourth-order valence-electron chi connectivity index (χ4n) is 2.77. The number of aryl methyl sites for hydroxylation is 2. The molecule has 126 valence electrons. The number of carbonyl (C=O) groups is 2. The molecular formula is C18H21N3O2S. The van der Waals surface area contributed by atoms with Gasteiger partial charge in [-0.25, -0.2) is 4.98 Å². The monoisotopic (exact) mass is 343 g/mol. The lowest BCUT2D eigenvalue weighted by atomic mass is 10.1. The van der Waals surface area contributed by atoms with Gasteiger partial charge >= 0.3 is 0 Å². The number of hydrogen-bond acceptors (Lipinski definition) is 5. The first-order valence-corrected chi connectivity index (χ1v) is 9.00. The summed E-state index contributed by atoms with van der Waals surface area (Å²) in [5.74, 6) is -0.829. The smallest absolute Gasteiger partial charge is 0.295 e. The van der Waals surface area contributed by atoms with Crippen molar-refractivity contribution in [1.82, 2.24) is 9.88 Å². The van der Waals surface area contributed by atoms with Gasteiger partial charge in [0.2, 0.25) is 5.78 Å². The number of ketones is 1. The lowest BCUT2D eigenvalue weighted by Crippen LogP contribution is -2.39. The van der Waals surface area contributed by atoms with E-state index in [0.717, 1.165) is 29.4 Å². The quantitative estimate of drug-likeness (QED) is 0.635. The Kier molecular flexibility index (Phi) is 4.94. The van der Waals surface area contributed by atoms with Crippen molar-refractivity contribution >= 4 is 28.2 Å². The summed E-state index contributed by atoms with van der Waals surface area (Å²) < 4.78 is 0. The van der Waals surface area contributed by atoms with Crippen LogP contribution in [0.1, 0.15) is 28.0 Å². The number of thiazole rings is 1. The predicted octanol–water partition coefficient (Wildman–Crippen LogP) is 2.68. The number of rotatable bonds is 3. The zero-order valence-electron chi connectivity index (χ0n) is 14.0. The fraction of sp³-hybridized carbons (Fsp3) is 0.389. The molecule has 1 aromatic carbocycles. The highest BCUT2D eigenvalue weighted by atomic mass is 32.1. The Morgan fingerprint density at radius 2 is 1.79 bits per heavy atom. The van der Waals surface area contributed by atoms with E-state index in [-0.39, 0.29) is 0 Å². The van der Waals surface area contributed by atoms with E-state index in [0.29, 0.717) is 25.2 Å². The number of anilines is 1. The first kappa shape index (κ1) is 16.6. The Morgan fingerprint density at radius 1 is 1.04 bits per heavy atom. The molecule has 3 rings (SSSR count). The highest BCUT2D eigenvalue weighted by molar-refractivity contribution is 7.13. The number of aromatic nitrogens is 1. The number of hydrogen-bond donors (Lipinski definition) is 0. The van der Waals surface area contributed by atoms with Crippen LogP contribution in [0.4, 0.5) is 5.13 Å². The fourth-order valence-corrected chi connectivity index (χ4v) is 3.63. The Labute approximate surface area is 145 Å². The molecule has 2 heterocycles. The van der Waals surface area contributed by atoms with E-state index in [1.54, 1.807) is 28.4 Å². The van der Waals surface area contributed by atoms with Gasteiger partial charge in [0.05, 0.1) is 5.69 Å². The lowest BCUT2D eigenvalue weighted by molar-refractivity contribution is -0.126. The third-order valence-corrected chi connectivity index (χ3v) is 5.19. The first-order chi connectivity index (χ1) is 11.5. The molecule has 0 atom stereocenters. The van der Waals surface area contributed by atoms with Crippen molar-refractivity contribution < 1.29 is 9.59 Å². The van der Waals surface area contributed by atoms with Crippen LogP contribution in [0.3, 0.4) is 0 Å². The van der Waals surface area contributed by atoms with E-state index in [9.17, 15) is 9.59 Å². The lowest BCUT2D eigenvalue weighted by Gasteiger charge is -2.21. The minimum atomic E-state index is -0.423. The van der Waals surface area contributed by atoms with Crippen LogP contribution in [0.25, 0.3) is 0 Å². The van der Waals surface area contributed by atoms with Crippen LogP contribution in [0.5, 0.6) is 0 Å². The summed E-state index contributed by atoms with van der Waals surface area (Å²) in [6.45, 7) is 6.66. The molecular weight excluding hydrogens is 322 g/mol. The number of carbonyl (C=O) groups excluding carboxylic acids is 2. The molecule has 0 unspecified atom stereocenters. The Bertz CT molecular complexity index is 739. The van der Waals surface area contributed by atoms with Crippen molar-refractivity contribution in [3.8, 4) is 0 Å². The third kappa shape index (κ3) is 3.64. The van der Waals surface area contributed by atoms with Crippen molar-refractivity contribution in [3.05, 3.63) is 46.5 Å². The molecule has 0 radical (unpaired) electrons. The molecule has 0 aliphatic carbocycles. The van der Waals surface area contributed by atoms with Crippen LogP contribution in [-0.2, 0) is 4.79 Å². The van der Waals surface area contributed by atoms with Gasteiger partial charge in [0.25, 0.3) is 5.91 Å². The molecule has 1 amide bonds. The van der Waals surface area contributed by atoms with Crippen molar-refractivity contribution in [2.24, 2.45) is 0 Å². The molecule has 0 bridgehead atoms. The molecule has 5 nitrogen and oxygen atoms in total. The first-order valence-electron chi connectivity index (χ1n) is 8.12. The summed E-state index contributed by atoms with van der Waals surface area (Å²) in [7, 11) is 0. The van der Waals surface area contributed by atoms with Gasteiger partial charge in [-0.05, 0) is 20.3 Å². The summed E-state index contributed by atoms with van der Waals surface area (Å²) >= 11 is 1.62. The van der Waals surface area contributed by atoms with Crippen molar-refractivity contribution in [3.63, 3.8) is 0 Å². The minimum absolute atomic E-state index is 0.406. The Morgan fingerprint density at radius 3 is 2.46 bits per heavy atom. The number of nitrogens with zero attached hydrogens (tertiary/aromatic N) is 3. The summed E-state index contributed by atoms with van der Waals surface area (Å²) in [4.78, 5) is 33.3. The second-order valence-corrected chi connectivity index (χ2v) is 6.94. The normalized spacial score (nSPS) is 15.2. The van der Waals surface area contributed by atoms with E-state index in [1.165, 1.54) is 0 Å². The van der Waals surface area contributed by atoms with Gasteiger partial charge in [-0.1, -0.05) is 29.8 Å². The van der Waals surface area contributed by atoms with Crippen molar-refractivity contribution in [2.45, 2.75) is 20.3 Å². The van der Waals surface area contributed by atoms with E-state index < -0.39 is 11.7 Å². The second-order valence-electron chi connectivity index (χ2n) is 6.10. The molecule has 0 saturated carbocycles. The molecule has 1 aliphatic rings. The van der Waals surface area contributed by atoms with Crippen LogP contribution >= 0.6 is 11.3 Å². The molecule has 0 spiro atoms. The standard InChI is InChI=1S/C18H21N3O2S/c1-13-4-6-15(7-5-13)16(22)17(23)20-8-3-9-21(11-10-20)18-19-14(2)12-24-18/h4-7,12H,3,8-11H2,1-2H3. The van der Waals surface area contributed by atoms with E-state index in [1.807, 2.05) is 31.4 Å². The van der Waals surface area contributed by atoms with E-state index >= 15 is 0 Å². The Balaban J connectivity index is 1.65. The molecule has 0 N–H and O–H groups in total. The largest absolute Gasteiger partial charge is 0.346 e. The van der Waals surface area contributed by atoms with Gasteiger partial charge in [-0.15, -0.1) is 11.3 Å². The molecule has 6 heteroatoms. The minimum Gasteiger partial charge on any atom is -0.346 e. The average molecular weight is 343 g/mol. The van der Waals surface area contributed by atoms with Crippen LogP contribution in [0.2, 0.25) is 0 Å². The second kappa shape index (κ2) is 7.13. The maximum Gasteiger partial charge on any atom is 0.295 e. The maximum absolute atomic E-state index is 12.5. The zero-order valence-corrected chi connectivity index (χ0v) is 14.8. The van der Waals surface area contributed by atoms with Gasteiger partial charge in [0, 0.05) is 37.1 Å². The molecule has 1 aromatic heterocycles. The Hall–Kier alpha value is -2.21. The van der Waals surface area contributed by atoms with Crippen LogP contribution in [0, 0.1) is 13.8 Å². The van der Waals surface area contributed by atoms with E-state index in [4.69, 9.17) is 0 Å². The maximum atomic E-state index is 12.5. The van der Waals surface area contributed by atoms with Gasteiger partial charge < -0.3 is 9.80 Å². The highest BCUT2D eigenvalue weighted by Gasteiger charge is 2.26.